The molecule has 0 saturated heterocycles. The highest BCUT2D eigenvalue weighted by molar-refractivity contribution is 9.10. The number of anilines is 1. The van der Waals surface area contributed by atoms with Crippen molar-refractivity contribution in [3.63, 3.8) is 0 Å². The number of aliphatic hydroxyl groups excluding tert-OH is 1. The first-order chi connectivity index (χ1) is 8.97. The monoisotopic (exact) mass is 345 g/mol. The zero-order chi connectivity index (χ0) is 14.0. The van der Waals surface area contributed by atoms with Crippen LogP contribution in [0.3, 0.4) is 0 Å². The summed E-state index contributed by atoms with van der Waals surface area (Å²) in [4.78, 5) is 0. The van der Waals surface area contributed by atoms with Crippen LogP contribution in [-0.2, 0) is 0 Å². The van der Waals surface area contributed by atoms with Crippen LogP contribution in [0.25, 0.3) is 0 Å². The minimum Gasteiger partial charge on any atom is -0.394 e. The maximum Gasteiger partial charge on any atom is 0.0664 e. The van der Waals surface area contributed by atoms with E-state index >= 15 is 0 Å². The number of hydrogen-bond donors (Lipinski definition) is 2. The van der Waals surface area contributed by atoms with Gasteiger partial charge >= 0.3 is 0 Å². The summed E-state index contributed by atoms with van der Waals surface area (Å²) in [7, 11) is 0. The van der Waals surface area contributed by atoms with Gasteiger partial charge in [-0.15, -0.1) is 0 Å². The maximum absolute atomic E-state index is 9.91. The molecule has 0 heterocycles. The first-order valence-corrected chi connectivity index (χ1v) is 7.98. The Morgan fingerprint density at radius 2 is 2.16 bits per heavy atom. The van der Waals surface area contributed by atoms with Crippen LogP contribution in [0.1, 0.15) is 33.1 Å². The zero-order valence-corrected chi connectivity index (χ0v) is 13.8. The van der Waals surface area contributed by atoms with Gasteiger partial charge in [0.15, 0.2) is 0 Å². The molecule has 0 aliphatic heterocycles. The Morgan fingerprint density at radius 1 is 1.42 bits per heavy atom. The zero-order valence-electron chi connectivity index (χ0n) is 11.4. The average Bonchev–Trinajstić information content (AvgIpc) is 2.38. The third-order valence-corrected chi connectivity index (χ3v) is 5.56. The van der Waals surface area contributed by atoms with Crippen LogP contribution in [0.5, 0.6) is 0 Å². The SMILES string of the molecule is CC1CCC(C)C(CO)(Nc2ccc(Cl)c(Br)c2)C1. The Balaban J connectivity index is 2.23. The van der Waals surface area contributed by atoms with Gasteiger partial charge in [-0.3, -0.25) is 0 Å². The summed E-state index contributed by atoms with van der Waals surface area (Å²) < 4.78 is 0.878. The van der Waals surface area contributed by atoms with E-state index < -0.39 is 0 Å². The van der Waals surface area contributed by atoms with Gasteiger partial charge in [-0.2, -0.15) is 0 Å². The van der Waals surface area contributed by atoms with Crippen molar-refractivity contribution in [1.82, 2.24) is 0 Å². The van der Waals surface area contributed by atoms with Crippen LogP contribution in [-0.4, -0.2) is 17.3 Å². The van der Waals surface area contributed by atoms with Crippen LogP contribution in [0, 0.1) is 11.8 Å². The summed E-state index contributed by atoms with van der Waals surface area (Å²) >= 11 is 9.46. The third kappa shape index (κ3) is 3.26. The number of halogens is 2. The van der Waals surface area contributed by atoms with E-state index in [0.29, 0.717) is 16.9 Å². The standard InChI is InChI=1S/C15H21BrClNO/c1-10-3-4-11(2)15(8-10,9-19)18-12-5-6-14(17)13(16)7-12/h5-7,10-11,18-19H,3-4,8-9H2,1-2H3. The normalized spacial score (nSPS) is 31.2. The van der Waals surface area contributed by atoms with E-state index in [-0.39, 0.29) is 12.1 Å². The van der Waals surface area contributed by atoms with E-state index in [1.807, 2.05) is 18.2 Å². The van der Waals surface area contributed by atoms with Gasteiger partial charge in [-0.25, -0.2) is 0 Å². The van der Waals surface area contributed by atoms with Crippen molar-refractivity contribution in [3.05, 3.63) is 27.7 Å². The van der Waals surface area contributed by atoms with E-state index in [1.165, 1.54) is 6.42 Å². The molecule has 1 aliphatic rings. The van der Waals surface area contributed by atoms with Crippen molar-refractivity contribution < 1.29 is 5.11 Å². The Morgan fingerprint density at radius 3 is 2.79 bits per heavy atom. The summed E-state index contributed by atoms with van der Waals surface area (Å²) in [6.07, 6.45) is 3.41. The van der Waals surface area contributed by atoms with Gasteiger partial charge in [0.05, 0.1) is 17.2 Å². The van der Waals surface area contributed by atoms with Gasteiger partial charge < -0.3 is 10.4 Å². The molecule has 1 aromatic carbocycles. The van der Waals surface area contributed by atoms with Gasteiger partial charge in [-0.1, -0.05) is 31.9 Å². The van der Waals surface area contributed by atoms with Crippen LogP contribution in [0.15, 0.2) is 22.7 Å². The second-order valence-electron chi connectivity index (χ2n) is 5.86. The minimum atomic E-state index is -0.217. The molecule has 4 heteroatoms. The summed E-state index contributed by atoms with van der Waals surface area (Å²) in [5.74, 6) is 1.11. The summed E-state index contributed by atoms with van der Waals surface area (Å²) in [5.41, 5.74) is 0.788. The van der Waals surface area contributed by atoms with Crippen molar-refractivity contribution in [2.75, 3.05) is 11.9 Å². The van der Waals surface area contributed by atoms with Gasteiger partial charge in [-0.05, 0) is 58.8 Å². The lowest BCUT2D eigenvalue weighted by Gasteiger charge is -2.45. The molecule has 0 aromatic heterocycles. The number of benzene rings is 1. The molecule has 1 saturated carbocycles. The molecule has 1 fully saturated rings. The molecule has 1 aromatic rings. The number of aliphatic hydroxyl groups is 1. The lowest BCUT2D eigenvalue weighted by atomic mass is 9.70. The predicted molar refractivity (Wildman–Crippen MR) is 84.8 cm³/mol. The van der Waals surface area contributed by atoms with Gasteiger partial charge in [0.2, 0.25) is 0 Å². The number of rotatable bonds is 3. The highest BCUT2D eigenvalue weighted by Crippen LogP contribution is 2.39. The topological polar surface area (TPSA) is 32.3 Å². The molecule has 0 amide bonds. The number of hydrogen-bond acceptors (Lipinski definition) is 2. The molecule has 2 N–H and O–H groups in total. The largest absolute Gasteiger partial charge is 0.394 e. The Bertz CT molecular complexity index is 454. The average molecular weight is 347 g/mol. The van der Waals surface area contributed by atoms with Gasteiger partial charge in [0, 0.05) is 10.2 Å². The van der Waals surface area contributed by atoms with Crippen molar-refractivity contribution in [2.24, 2.45) is 11.8 Å². The van der Waals surface area contributed by atoms with Gasteiger partial charge in [0.1, 0.15) is 0 Å². The summed E-state index contributed by atoms with van der Waals surface area (Å²) in [6.45, 7) is 4.65. The lowest BCUT2D eigenvalue weighted by Crippen LogP contribution is -2.51. The molecule has 106 valence electrons. The Kier molecular flexibility index (Phi) is 4.80. The molecular formula is C15H21BrClNO. The second kappa shape index (κ2) is 6.02. The molecule has 2 nitrogen and oxygen atoms in total. The second-order valence-corrected chi connectivity index (χ2v) is 7.12. The fourth-order valence-electron chi connectivity index (χ4n) is 3.03. The summed E-state index contributed by atoms with van der Waals surface area (Å²) in [5, 5.41) is 14.2. The Hall–Kier alpha value is -0.250. The van der Waals surface area contributed by atoms with Crippen LogP contribution in [0.2, 0.25) is 5.02 Å². The molecule has 0 bridgehead atoms. The molecule has 3 atom stereocenters. The van der Waals surface area contributed by atoms with E-state index in [0.717, 1.165) is 23.0 Å². The molecule has 19 heavy (non-hydrogen) atoms. The maximum atomic E-state index is 9.91. The quantitative estimate of drug-likeness (QED) is 0.831. The molecule has 2 rings (SSSR count). The summed E-state index contributed by atoms with van der Waals surface area (Å²) in [6, 6.07) is 5.82. The third-order valence-electron chi connectivity index (χ3n) is 4.34. The van der Waals surface area contributed by atoms with Crippen LogP contribution < -0.4 is 5.32 Å². The smallest absolute Gasteiger partial charge is 0.0664 e. The fraction of sp³-hybridized carbons (Fsp3) is 0.600. The first kappa shape index (κ1) is 15.1. The van der Waals surface area contributed by atoms with Crippen molar-refractivity contribution in [1.29, 1.82) is 0 Å². The van der Waals surface area contributed by atoms with E-state index in [4.69, 9.17) is 11.6 Å². The van der Waals surface area contributed by atoms with Crippen molar-refractivity contribution >= 4 is 33.2 Å². The van der Waals surface area contributed by atoms with Crippen molar-refractivity contribution in [3.8, 4) is 0 Å². The van der Waals surface area contributed by atoms with Crippen LogP contribution in [0.4, 0.5) is 5.69 Å². The lowest BCUT2D eigenvalue weighted by molar-refractivity contribution is 0.103. The molecule has 0 spiro atoms. The van der Waals surface area contributed by atoms with E-state index in [9.17, 15) is 5.11 Å². The van der Waals surface area contributed by atoms with Crippen LogP contribution >= 0.6 is 27.5 Å². The molecule has 3 unspecified atom stereocenters. The number of nitrogens with one attached hydrogen (secondary N) is 1. The van der Waals surface area contributed by atoms with E-state index in [2.05, 4.69) is 35.1 Å². The van der Waals surface area contributed by atoms with Gasteiger partial charge in [0.25, 0.3) is 0 Å². The first-order valence-electron chi connectivity index (χ1n) is 6.81. The van der Waals surface area contributed by atoms with E-state index in [1.54, 1.807) is 0 Å². The molecule has 1 aliphatic carbocycles. The highest BCUT2D eigenvalue weighted by Gasteiger charge is 2.40. The molecular weight excluding hydrogens is 326 g/mol. The fourth-order valence-corrected chi connectivity index (χ4v) is 3.53. The predicted octanol–water partition coefficient (Wildman–Crippen LogP) is 4.70. The molecule has 0 radical (unpaired) electrons. The highest BCUT2D eigenvalue weighted by atomic mass is 79.9. The van der Waals surface area contributed by atoms with Crippen molar-refractivity contribution in [2.45, 2.75) is 38.6 Å². The minimum absolute atomic E-state index is 0.165. The Labute approximate surface area is 128 Å².